The molecule has 3 heterocycles. The van der Waals surface area contributed by atoms with E-state index in [0.29, 0.717) is 23.5 Å². The molecule has 0 radical (unpaired) electrons. The van der Waals surface area contributed by atoms with Crippen molar-refractivity contribution in [2.24, 2.45) is 0 Å². The normalized spacial score (nSPS) is 13.4. The molecule has 2 aromatic heterocycles. The van der Waals surface area contributed by atoms with Gasteiger partial charge in [0.25, 0.3) is 5.91 Å². The van der Waals surface area contributed by atoms with E-state index < -0.39 is 0 Å². The topological polar surface area (TPSA) is 111 Å². The van der Waals surface area contributed by atoms with Crippen molar-refractivity contribution < 1.29 is 15.0 Å². The van der Waals surface area contributed by atoms with E-state index in [-0.39, 0.29) is 28.8 Å². The summed E-state index contributed by atoms with van der Waals surface area (Å²) in [4.78, 5) is 23.6. The van der Waals surface area contributed by atoms with Gasteiger partial charge in [-0.1, -0.05) is 6.07 Å². The van der Waals surface area contributed by atoms with E-state index in [2.05, 4.69) is 20.3 Å². The molecule has 0 bridgehead atoms. The van der Waals surface area contributed by atoms with Crippen molar-refractivity contribution in [2.75, 3.05) is 6.54 Å². The number of phenols is 2. The molecule has 7 heteroatoms. The Labute approximate surface area is 137 Å². The number of fused-ring (bicyclic) bond motifs is 1. The molecule has 4 N–H and O–H groups in total. The van der Waals surface area contributed by atoms with Crippen LogP contribution in [0.3, 0.4) is 0 Å². The molecular weight excluding hydrogens is 308 g/mol. The number of H-pyrrole nitrogens is 1. The van der Waals surface area contributed by atoms with E-state index >= 15 is 0 Å². The summed E-state index contributed by atoms with van der Waals surface area (Å²) in [5.74, 6) is -0.0962. The van der Waals surface area contributed by atoms with Gasteiger partial charge in [-0.2, -0.15) is 0 Å². The van der Waals surface area contributed by atoms with Gasteiger partial charge in [0.15, 0.2) is 5.82 Å². The molecule has 3 aromatic rings. The second-order valence-electron chi connectivity index (χ2n) is 5.52. The van der Waals surface area contributed by atoms with Gasteiger partial charge in [-0.3, -0.25) is 4.79 Å². The molecule has 4 rings (SSSR count). The number of nitrogens with one attached hydrogen (secondary N) is 2. The van der Waals surface area contributed by atoms with E-state index in [9.17, 15) is 15.0 Å². The number of hydrogen-bond donors (Lipinski definition) is 4. The maximum atomic E-state index is 11.9. The third-order valence-electron chi connectivity index (χ3n) is 3.98. The number of benzene rings is 1. The van der Waals surface area contributed by atoms with Gasteiger partial charge in [0, 0.05) is 24.9 Å². The van der Waals surface area contributed by atoms with Crippen LogP contribution in [-0.4, -0.2) is 37.6 Å². The number of carbonyl (C=O) groups excluding carboxylic acids is 1. The maximum absolute atomic E-state index is 11.9. The average molecular weight is 322 g/mol. The molecule has 0 unspecified atom stereocenters. The Kier molecular flexibility index (Phi) is 3.19. The first-order valence-corrected chi connectivity index (χ1v) is 7.48. The van der Waals surface area contributed by atoms with Crippen LogP contribution in [0.15, 0.2) is 36.5 Å². The molecule has 1 amide bonds. The van der Waals surface area contributed by atoms with Gasteiger partial charge in [-0.25, -0.2) is 9.97 Å². The molecule has 0 fully saturated rings. The highest BCUT2D eigenvalue weighted by atomic mass is 16.3. The molecule has 0 saturated carbocycles. The molecular formula is C17H14N4O3. The number of aromatic nitrogens is 3. The van der Waals surface area contributed by atoms with Crippen LogP contribution < -0.4 is 5.32 Å². The maximum Gasteiger partial charge on any atom is 0.253 e. The standard InChI is InChI=1S/C17H14N4O3/c22-13-2-1-3-14(23)15(13)16-18-6-5-11(21-16)12-8-9-10(20-12)4-7-19-17(9)24/h1-3,5-6,8,20,22-23H,4,7H2,(H,19,24). The molecule has 24 heavy (non-hydrogen) atoms. The molecule has 0 atom stereocenters. The predicted molar refractivity (Wildman–Crippen MR) is 86.6 cm³/mol. The molecule has 0 spiro atoms. The van der Waals surface area contributed by atoms with Gasteiger partial charge in [-0.15, -0.1) is 0 Å². The summed E-state index contributed by atoms with van der Waals surface area (Å²) in [5.41, 5.74) is 2.93. The van der Waals surface area contributed by atoms with Crippen LogP contribution in [0.5, 0.6) is 11.5 Å². The van der Waals surface area contributed by atoms with Crippen molar-refractivity contribution in [3.63, 3.8) is 0 Å². The van der Waals surface area contributed by atoms with E-state index in [4.69, 9.17) is 0 Å². The highest BCUT2D eigenvalue weighted by Gasteiger charge is 2.21. The average Bonchev–Trinajstić information content (AvgIpc) is 3.01. The van der Waals surface area contributed by atoms with Gasteiger partial charge < -0.3 is 20.5 Å². The predicted octanol–water partition coefficient (Wildman–Crippen LogP) is 1.84. The SMILES string of the molecule is O=C1NCCc2[nH]c(-c3ccnc(-c4c(O)cccc4O)n3)cc21. The fourth-order valence-corrected chi connectivity index (χ4v) is 2.82. The summed E-state index contributed by atoms with van der Waals surface area (Å²) in [6.07, 6.45) is 2.28. The Morgan fingerprint density at radius 3 is 2.67 bits per heavy atom. The zero-order valence-electron chi connectivity index (χ0n) is 12.6. The van der Waals surface area contributed by atoms with Crippen LogP contribution in [-0.2, 0) is 6.42 Å². The van der Waals surface area contributed by atoms with Gasteiger partial charge >= 0.3 is 0 Å². The summed E-state index contributed by atoms with van der Waals surface area (Å²) in [6, 6.07) is 7.91. The lowest BCUT2D eigenvalue weighted by Gasteiger charge is -2.10. The smallest absolute Gasteiger partial charge is 0.253 e. The van der Waals surface area contributed by atoms with Crippen molar-refractivity contribution in [3.05, 3.63) is 47.8 Å². The summed E-state index contributed by atoms with van der Waals surface area (Å²) >= 11 is 0. The quantitative estimate of drug-likeness (QED) is 0.575. The highest BCUT2D eigenvalue weighted by Crippen LogP contribution is 2.35. The fraction of sp³-hybridized carbons (Fsp3) is 0.118. The van der Waals surface area contributed by atoms with Crippen LogP contribution >= 0.6 is 0 Å². The number of phenolic OH excluding ortho intramolecular Hbond substituents is 2. The van der Waals surface area contributed by atoms with Gasteiger partial charge in [0.05, 0.1) is 17.0 Å². The Bertz CT molecular complexity index is 929. The summed E-state index contributed by atoms with van der Waals surface area (Å²) < 4.78 is 0. The molecule has 0 saturated heterocycles. The van der Waals surface area contributed by atoms with Gasteiger partial charge in [0.2, 0.25) is 0 Å². The lowest BCUT2D eigenvalue weighted by atomic mass is 10.1. The molecule has 7 nitrogen and oxygen atoms in total. The zero-order chi connectivity index (χ0) is 16.7. The number of nitrogens with zero attached hydrogens (tertiary/aromatic N) is 2. The molecule has 1 aliphatic rings. The number of carbonyl (C=O) groups is 1. The molecule has 1 aliphatic heterocycles. The van der Waals surface area contributed by atoms with Gasteiger partial charge in [0.1, 0.15) is 17.1 Å². The first-order chi connectivity index (χ1) is 11.6. The van der Waals surface area contributed by atoms with E-state index in [1.165, 1.54) is 18.2 Å². The number of rotatable bonds is 2. The van der Waals surface area contributed by atoms with Crippen molar-refractivity contribution >= 4 is 5.91 Å². The van der Waals surface area contributed by atoms with Crippen LogP contribution in [0.4, 0.5) is 0 Å². The van der Waals surface area contributed by atoms with Crippen LogP contribution in [0, 0.1) is 0 Å². The van der Waals surface area contributed by atoms with Crippen LogP contribution in [0.25, 0.3) is 22.8 Å². The third kappa shape index (κ3) is 2.26. The third-order valence-corrected chi connectivity index (χ3v) is 3.98. The summed E-state index contributed by atoms with van der Waals surface area (Å²) in [7, 11) is 0. The first kappa shape index (κ1) is 14.3. The Morgan fingerprint density at radius 2 is 1.92 bits per heavy atom. The number of amides is 1. The van der Waals surface area contributed by atoms with Crippen molar-refractivity contribution in [3.8, 4) is 34.3 Å². The Morgan fingerprint density at radius 1 is 1.12 bits per heavy atom. The summed E-state index contributed by atoms with van der Waals surface area (Å²) in [5, 5.41) is 22.7. The van der Waals surface area contributed by atoms with Crippen LogP contribution in [0.1, 0.15) is 16.1 Å². The number of aromatic hydroxyl groups is 2. The van der Waals surface area contributed by atoms with Crippen molar-refractivity contribution in [2.45, 2.75) is 6.42 Å². The van der Waals surface area contributed by atoms with Crippen molar-refractivity contribution in [1.29, 1.82) is 0 Å². The van der Waals surface area contributed by atoms with E-state index in [1.807, 2.05) is 0 Å². The first-order valence-electron chi connectivity index (χ1n) is 7.48. The Hall–Kier alpha value is -3.35. The highest BCUT2D eigenvalue weighted by molar-refractivity contribution is 5.97. The fourth-order valence-electron chi connectivity index (χ4n) is 2.82. The van der Waals surface area contributed by atoms with Crippen LogP contribution in [0.2, 0.25) is 0 Å². The molecule has 120 valence electrons. The minimum atomic E-state index is -0.105. The number of hydrogen-bond acceptors (Lipinski definition) is 5. The second-order valence-corrected chi connectivity index (χ2v) is 5.52. The molecule has 1 aromatic carbocycles. The van der Waals surface area contributed by atoms with Gasteiger partial charge in [-0.05, 0) is 24.3 Å². The lowest BCUT2D eigenvalue weighted by Crippen LogP contribution is -2.31. The minimum Gasteiger partial charge on any atom is -0.507 e. The second kappa shape index (κ2) is 5.38. The Balaban J connectivity index is 1.80. The number of aromatic amines is 1. The van der Waals surface area contributed by atoms with E-state index in [1.54, 1.807) is 18.3 Å². The zero-order valence-corrected chi connectivity index (χ0v) is 12.6. The minimum absolute atomic E-state index is 0.0997. The van der Waals surface area contributed by atoms with Crippen molar-refractivity contribution in [1.82, 2.24) is 20.3 Å². The summed E-state index contributed by atoms with van der Waals surface area (Å²) in [6.45, 7) is 0.604. The molecule has 0 aliphatic carbocycles. The van der Waals surface area contributed by atoms with E-state index in [0.717, 1.165) is 12.1 Å². The monoisotopic (exact) mass is 322 g/mol. The lowest BCUT2D eigenvalue weighted by molar-refractivity contribution is 0.0946. The largest absolute Gasteiger partial charge is 0.507 e.